The van der Waals surface area contributed by atoms with E-state index < -0.39 is 71.8 Å². The van der Waals surface area contributed by atoms with Crippen molar-refractivity contribution in [1.82, 2.24) is 15.0 Å². The maximum Gasteiger partial charge on any atom is 0.259 e. The Kier molecular flexibility index (Phi) is 9.89. The van der Waals surface area contributed by atoms with Gasteiger partial charge in [0.05, 0.1) is 30.0 Å². The number of carbonyl (C=O) groups excluding carboxylic acids is 1. The van der Waals surface area contributed by atoms with Crippen molar-refractivity contribution < 1.29 is 38.4 Å². The zero-order chi connectivity index (χ0) is 31.0. The van der Waals surface area contributed by atoms with Gasteiger partial charge in [0.1, 0.15) is 30.0 Å². The van der Waals surface area contributed by atoms with Crippen molar-refractivity contribution in [3.8, 4) is 11.3 Å². The number of aliphatic hydroxyl groups is 3. The summed E-state index contributed by atoms with van der Waals surface area (Å²) >= 11 is 18.4. The molecule has 2 fully saturated rings. The maximum atomic E-state index is 14.4. The number of benzene rings is 2. The number of nitrogens with zero attached hydrogens (tertiary/aromatic N) is 4. The molecule has 3 N–H and O–H groups in total. The summed E-state index contributed by atoms with van der Waals surface area (Å²) in [5, 5.41) is 40.5. The van der Waals surface area contributed by atoms with Crippen LogP contribution in [0.3, 0.4) is 0 Å². The minimum Gasteiger partial charge on any atom is -0.394 e. The molecule has 2 aliphatic rings. The van der Waals surface area contributed by atoms with Gasteiger partial charge < -0.3 is 29.7 Å². The monoisotopic (exact) mass is 660 g/mol. The largest absolute Gasteiger partial charge is 0.394 e. The summed E-state index contributed by atoms with van der Waals surface area (Å²) in [7, 11) is 1.32. The Morgan fingerprint density at radius 2 is 1.81 bits per heavy atom. The summed E-state index contributed by atoms with van der Waals surface area (Å²) in [6.45, 7) is -0.659. The summed E-state index contributed by atoms with van der Waals surface area (Å²) in [4.78, 5) is 15.8. The molecule has 1 aliphatic heterocycles. The van der Waals surface area contributed by atoms with Gasteiger partial charge in [0.15, 0.2) is 17.7 Å². The Bertz CT molecular complexity index is 1440. The van der Waals surface area contributed by atoms with Gasteiger partial charge in [-0.3, -0.25) is 4.79 Å². The Balaban J connectivity index is 1.55. The third-order valence-corrected chi connectivity index (χ3v) is 8.58. The number of aliphatic hydroxyl groups excluding tert-OH is 3. The molecule has 3 aromatic rings. The number of rotatable bonds is 7. The van der Waals surface area contributed by atoms with Crippen molar-refractivity contribution in [2.45, 2.75) is 68.3 Å². The number of carbonyl (C=O) groups is 1. The SMILES string of the molecule is CO[C@@H]1[C@@H](n2cc(-c3cc(F)c(F)c(Cl)c3)nn2)[C@@H](O)[C@@H](CO)O[C@H]1C(=O)N(c1cc(Cl)cc(Cl)c1)[C@H]1CCCC[C@@H]1O. The highest BCUT2D eigenvalue weighted by Crippen LogP contribution is 2.38. The molecule has 5 rings (SSSR count). The molecule has 7 atom stereocenters. The molecule has 1 saturated carbocycles. The fraction of sp³-hybridized carbons (Fsp3) is 0.464. The van der Waals surface area contributed by atoms with Gasteiger partial charge in [-0.2, -0.15) is 0 Å². The van der Waals surface area contributed by atoms with Crippen LogP contribution < -0.4 is 4.90 Å². The van der Waals surface area contributed by atoms with Gasteiger partial charge in [0.25, 0.3) is 5.91 Å². The van der Waals surface area contributed by atoms with Crippen LogP contribution >= 0.6 is 34.8 Å². The number of amides is 1. The van der Waals surface area contributed by atoms with Crippen LogP contribution in [0.25, 0.3) is 11.3 Å². The molecular formula is C28H29Cl3F2N4O6. The van der Waals surface area contributed by atoms with E-state index in [1.165, 1.54) is 35.0 Å². The predicted octanol–water partition coefficient (Wildman–Crippen LogP) is 4.20. The van der Waals surface area contributed by atoms with Crippen LogP contribution in [0.5, 0.6) is 0 Å². The molecule has 0 bridgehead atoms. The Hall–Kier alpha value is -2.42. The standard InChI is InChI=1S/C28H29Cl3F2N4O6/c1-42-26-24(36-11-19(34-35-36)13-6-17(31)23(33)18(32)7-13)25(40)22(12-38)43-27(26)28(41)37(20-4-2-3-5-21(20)39)16-9-14(29)8-15(30)10-16/h6-11,20-22,24-27,38-40H,2-5,12H2,1H3/t20-,21-,22+,24-,25-,26+,27+/m0/s1. The molecule has 2 heterocycles. The molecular weight excluding hydrogens is 633 g/mol. The lowest BCUT2D eigenvalue weighted by Gasteiger charge is -2.46. The van der Waals surface area contributed by atoms with Gasteiger partial charge in [0.2, 0.25) is 0 Å². The zero-order valence-electron chi connectivity index (χ0n) is 22.8. The number of hydrogen-bond acceptors (Lipinski definition) is 8. The minimum atomic E-state index is -1.43. The lowest BCUT2D eigenvalue weighted by atomic mass is 9.88. The molecule has 0 unspecified atom stereocenters. The fourth-order valence-electron chi connectivity index (χ4n) is 5.81. The summed E-state index contributed by atoms with van der Waals surface area (Å²) in [6, 6.07) is 4.90. The molecule has 43 heavy (non-hydrogen) atoms. The first-order valence-corrected chi connectivity index (χ1v) is 14.7. The van der Waals surface area contributed by atoms with Crippen molar-refractivity contribution >= 4 is 46.4 Å². The number of methoxy groups -OCH3 is 1. The second-order valence-electron chi connectivity index (χ2n) is 10.6. The van der Waals surface area contributed by atoms with Gasteiger partial charge >= 0.3 is 0 Å². The van der Waals surface area contributed by atoms with Crippen molar-refractivity contribution in [2.24, 2.45) is 0 Å². The molecule has 0 spiro atoms. The number of anilines is 1. The van der Waals surface area contributed by atoms with Crippen molar-refractivity contribution in [3.05, 3.63) is 63.2 Å². The smallest absolute Gasteiger partial charge is 0.259 e. The predicted molar refractivity (Wildman–Crippen MR) is 154 cm³/mol. The lowest BCUT2D eigenvalue weighted by molar-refractivity contribution is -0.211. The van der Waals surface area contributed by atoms with E-state index >= 15 is 0 Å². The first-order chi connectivity index (χ1) is 20.5. The van der Waals surface area contributed by atoms with Crippen molar-refractivity contribution in [2.75, 3.05) is 18.6 Å². The molecule has 15 heteroatoms. The van der Waals surface area contributed by atoms with E-state index in [0.29, 0.717) is 18.5 Å². The number of halogens is 5. The first kappa shape index (κ1) is 32.0. The second-order valence-corrected chi connectivity index (χ2v) is 11.8. The summed E-state index contributed by atoms with van der Waals surface area (Å²) in [5.74, 6) is -3.02. The van der Waals surface area contributed by atoms with E-state index in [2.05, 4.69) is 10.3 Å². The van der Waals surface area contributed by atoms with Gasteiger partial charge in [0, 0.05) is 28.4 Å². The molecule has 1 aromatic heterocycles. The Morgan fingerprint density at radius 1 is 1.12 bits per heavy atom. The number of aromatic nitrogens is 3. The normalized spacial score (nSPS) is 27.7. The minimum absolute atomic E-state index is 0.0956. The lowest BCUT2D eigenvalue weighted by Crippen LogP contribution is -2.63. The molecule has 2 aromatic carbocycles. The van der Waals surface area contributed by atoms with E-state index in [4.69, 9.17) is 44.3 Å². The van der Waals surface area contributed by atoms with Gasteiger partial charge in [-0.05, 0) is 43.2 Å². The molecule has 0 radical (unpaired) electrons. The molecule has 10 nitrogen and oxygen atoms in total. The van der Waals surface area contributed by atoms with Crippen LogP contribution in [0.1, 0.15) is 31.7 Å². The summed E-state index contributed by atoms with van der Waals surface area (Å²) in [6.07, 6.45) is -2.28. The highest BCUT2D eigenvalue weighted by molar-refractivity contribution is 6.35. The first-order valence-electron chi connectivity index (χ1n) is 13.5. The zero-order valence-corrected chi connectivity index (χ0v) is 25.1. The van der Waals surface area contributed by atoms with E-state index in [-0.39, 0.29) is 21.3 Å². The second kappa shape index (κ2) is 13.3. The Labute approximate surface area is 260 Å². The average molecular weight is 662 g/mol. The maximum absolute atomic E-state index is 14.4. The topological polar surface area (TPSA) is 130 Å². The van der Waals surface area contributed by atoms with Gasteiger partial charge in [-0.1, -0.05) is 52.9 Å². The fourth-order valence-corrected chi connectivity index (χ4v) is 6.53. The van der Waals surface area contributed by atoms with E-state index in [1.54, 1.807) is 12.1 Å². The van der Waals surface area contributed by atoms with Crippen LogP contribution in [-0.2, 0) is 14.3 Å². The summed E-state index contributed by atoms with van der Waals surface area (Å²) < 4.78 is 40.7. The third kappa shape index (κ3) is 6.38. The number of ether oxygens (including phenoxy) is 2. The van der Waals surface area contributed by atoms with Crippen LogP contribution in [0, 0.1) is 11.6 Å². The molecule has 1 saturated heterocycles. The summed E-state index contributed by atoms with van der Waals surface area (Å²) in [5.41, 5.74) is 0.541. The van der Waals surface area contributed by atoms with Crippen LogP contribution in [-0.4, -0.2) is 86.5 Å². The molecule has 1 amide bonds. The van der Waals surface area contributed by atoms with E-state index in [1.807, 2.05) is 0 Å². The van der Waals surface area contributed by atoms with Crippen molar-refractivity contribution in [1.29, 1.82) is 0 Å². The quantitative estimate of drug-likeness (QED) is 0.322. The highest BCUT2D eigenvalue weighted by atomic mass is 35.5. The van der Waals surface area contributed by atoms with E-state index in [9.17, 15) is 28.9 Å². The molecule has 1 aliphatic carbocycles. The van der Waals surface area contributed by atoms with Crippen LogP contribution in [0.4, 0.5) is 14.5 Å². The average Bonchev–Trinajstić information content (AvgIpc) is 3.45. The number of hydrogen-bond donors (Lipinski definition) is 3. The Morgan fingerprint density at radius 3 is 2.44 bits per heavy atom. The van der Waals surface area contributed by atoms with Crippen molar-refractivity contribution in [3.63, 3.8) is 0 Å². The third-order valence-electron chi connectivity index (χ3n) is 7.87. The van der Waals surface area contributed by atoms with Crippen LogP contribution in [0.2, 0.25) is 15.1 Å². The highest BCUT2D eigenvalue weighted by Gasteiger charge is 2.52. The van der Waals surface area contributed by atoms with Gasteiger partial charge in [-0.15, -0.1) is 5.10 Å². The van der Waals surface area contributed by atoms with Gasteiger partial charge in [-0.25, -0.2) is 13.5 Å². The van der Waals surface area contributed by atoms with E-state index in [0.717, 1.165) is 18.9 Å². The van der Waals surface area contributed by atoms with Crippen LogP contribution in [0.15, 0.2) is 36.5 Å². The molecule has 232 valence electrons.